The number of allylic oxidation sites excluding steroid dienone is 4. The summed E-state index contributed by atoms with van der Waals surface area (Å²) < 4.78 is 53.0. The minimum atomic E-state index is -4.78. The first kappa shape index (κ1) is 62.5. The molecule has 0 aliphatic carbocycles. The first-order valence-electron chi connectivity index (χ1n) is 24.7. The topological polar surface area (TPSA) is 225 Å². The largest absolute Gasteiger partial charge is 0.472 e. The molecule has 15 nitrogen and oxygen atoms in total. The normalized spacial score (nSPS) is 15.3. The first-order chi connectivity index (χ1) is 30.8. The third-order valence-electron chi connectivity index (χ3n) is 10.4. The number of unbranched alkanes of at least 4 members (excludes halogenated alkanes) is 24. The molecule has 0 saturated heterocycles. The second-order valence-corrected chi connectivity index (χ2v) is 19.7. The fourth-order valence-corrected chi connectivity index (χ4v) is 8.13. The van der Waals surface area contributed by atoms with Gasteiger partial charge in [-0.1, -0.05) is 173 Å². The van der Waals surface area contributed by atoms with E-state index in [1.165, 1.54) is 116 Å². The molecule has 0 radical (unpaired) electrons. The summed E-state index contributed by atoms with van der Waals surface area (Å²) >= 11 is 0. The van der Waals surface area contributed by atoms with Crippen molar-refractivity contribution < 1.29 is 71.4 Å². The molecule has 0 aromatic rings. The van der Waals surface area contributed by atoms with Crippen molar-refractivity contribution in [1.82, 2.24) is 0 Å². The molecule has 0 bridgehead atoms. The van der Waals surface area contributed by atoms with Crippen molar-refractivity contribution in [2.45, 2.75) is 225 Å². The highest BCUT2D eigenvalue weighted by atomic mass is 31.2. The molecule has 64 heavy (non-hydrogen) atoms. The second-order valence-electron chi connectivity index (χ2n) is 16.8. The highest BCUT2D eigenvalue weighted by molar-refractivity contribution is 7.47. The van der Waals surface area contributed by atoms with Gasteiger partial charge < -0.3 is 34.6 Å². The van der Waals surface area contributed by atoms with E-state index in [0.29, 0.717) is 12.8 Å². The maximum absolute atomic E-state index is 12.2. The Kier molecular flexibility index (Phi) is 43.0. The van der Waals surface area contributed by atoms with Gasteiger partial charge in [-0.05, 0) is 44.9 Å². The molecular weight excluding hydrogens is 866 g/mol. The molecule has 0 amide bonds. The van der Waals surface area contributed by atoms with Crippen LogP contribution in [0.2, 0.25) is 0 Å². The number of aliphatic hydroxyl groups is 3. The Balaban J connectivity index is 3.86. The average Bonchev–Trinajstić information content (AvgIpc) is 3.27. The van der Waals surface area contributed by atoms with E-state index in [4.69, 9.17) is 9.47 Å². The Morgan fingerprint density at radius 3 is 1.02 bits per heavy atom. The van der Waals surface area contributed by atoms with Crippen molar-refractivity contribution in [1.29, 1.82) is 0 Å². The Morgan fingerprint density at radius 2 is 0.672 bits per heavy atom. The molecule has 17 heteroatoms. The van der Waals surface area contributed by atoms with E-state index in [-0.39, 0.29) is 12.8 Å². The van der Waals surface area contributed by atoms with Crippen molar-refractivity contribution in [3.05, 3.63) is 24.3 Å². The van der Waals surface area contributed by atoms with Gasteiger partial charge in [0.1, 0.15) is 31.5 Å². The van der Waals surface area contributed by atoms with E-state index in [1.807, 2.05) is 0 Å². The van der Waals surface area contributed by atoms with Crippen LogP contribution in [0.1, 0.15) is 206 Å². The summed E-state index contributed by atoms with van der Waals surface area (Å²) in [6.07, 6.45) is 37.3. The Bertz CT molecular complexity index is 1250. The van der Waals surface area contributed by atoms with E-state index in [0.717, 1.165) is 51.4 Å². The van der Waals surface area contributed by atoms with Gasteiger partial charge in [0.05, 0.1) is 26.4 Å². The molecule has 0 aliphatic heterocycles. The predicted molar refractivity (Wildman–Crippen MR) is 252 cm³/mol. The third-order valence-corrected chi connectivity index (χ3v) is 12.3. The molecule has 0 saturated carbocycles. The molecule has 0 heterocycles. The minimum Gasteiger partial charge on any atom is -0.463 e. The first-order valence-corrected chi connectivity index (χ1v) is 27.7. The summed E-state index contributed by atoms with van der Waals surface area (Å²) in [6.45, 7) is 0.415. The summed E-state index contributed by atoms with van der Waals surface area (Å²) in [5.74, 6) is -0.993. The van der Waals surface area contributed by atoms with Gasteiger partial charge in [-0.3, -0.25) is 27.7 Å². The summed E-state index contributed by atoms with van der Waals surface area (Å²) in [5, 5.41) is 30.0. The van der Waals surface area contributed by atoms with Gasteiger partial charge in [0.15, 0.2) is 0 Å². The summed E-state index contributed by atoms with van der Waals surface area (Å²) in [5.41, 5.74) is 0. The maximum Gasteiger partial charge on any atom is 0.472 e. The number of hydrogen-bond donors (Lipinski definition) is 5. The summed E-state index contributed by atoms with van der Waals surface area (Å²) in [4.78, 5) is 43.7. The van der Waals surface area contributed by atoms with Crippen molar-refractivity contribution in [2.24, 2.45) is 0 Å². The third kappa shape index (κ3) is 45.7. The van der Waals surface area contributed by atoms with Crippen LogP contribution >= 0.6 is 15.6 Å². The SMILES string of the molecule is CCCCC/C=C\C/C=C\CCCCCCCCCCCC(=O)OCC(O)COP(=O)(O)OCC(O)COP(=O)(O)OCC(O)COC(=O)CCCCCCCCCCCCCCC. The van der Waals surface area contributed by atoms with E-state index in [2.05, 4.69) is 56.2 Å². The lowest BCUT2D eigenvalue weighted by Crippen LogP contribution is -2.25. The molecule has 5 N–H and O–H groups in total. The number of phosphoric acid groups is 2. The van der Waals surface area contributed by atoms with Gasteiger partial charge in [-0.15, -0.1) is 0 Å². The molecule has 5 unspecified atom stereocenters. The van der Waals surface area contributed by atoms with Crippen LogP contribution < -0.4 is 0 Å². The van der Waals surface area contributed by atoms with Crippen molar-refractivity contribution in [2.75, 3.05) is 39.6 Å². The number of rotatable bonds is 48. The summed E-state index contributed by atoms with van der Waals surface area (Å²) in [7, 11) is -9.56. The van der Waals surface area contributed by atoms with Crippen molar-refractivity contribution in [3.8, 4) is 0 Å². The number of aliphatic hydroxyl groups excluding tert-OH is 3. The lowest BCUT2D eigenvalue weighted by Gasteiger charge is -2.19. The predicted octanol–water partition coefficient (Wildman–Crippen LogP) is 11.3. The van der Waals surface area contributed by atoms with Gasteiger partial charge in [0.2, 0.25) is 0 Å². The van der Waals surface area contributed by atoms with Crippen LogP contribution in [0.5, 0.6) is 0 Å². The van der Waals surface area contributed by atoms with Crippen LogP contribution in [-0.2, 0) is 46.3 Å². The lowest BCUT2D eigenvalue weighted by atomic mass is 10.0. The van der Waals surface area contributed by atoms with Crippen molar-refractivity contribution in [3.63, 3.8) is 0 Å². The highest BCUT2D eigenvalue weighted by Gasteiger charge is 2.28. The molecule has 0 aliphatic rings. The quantitative estimate of drug-likeness (QED) is 0.0165. The smallest absolute Gasteiger partial charge is 0.463 e. The Labute approximate surface area is 386 Å². The van der Waals surface area contributed by atoms with E-state index in [9.17, 15) is 43.8 Å². The van der Waals surface area contributed by atoms with Crippen LogP contribution in [0, 0.1) is 0 Å². The fourth-order valence-electron chi connectivity index (χ4n) is 6.54. The van der Waals surface area contributed by atoms with Crippen LogP contribution in [0.3, 0.4) is 0 Å². The van der Waals surface area contributed by atoms with Gasteiger partial charge in [-0.2, -0.15) is 0 Å². The number of carbonyl (C=O) groups is 2. The number of hydrogen-bond acceptors (Lipinski definition) is 13. The lowest BCUT2D eigenvalue weighted by molar-refractivity contribution is -0.148. The molecule has 378 valence electrons. The minimum absolute atomic E-state index is 0.193. The van der Waals surface area contributed by atoms with E-state index in [1.54, 1.807) is 0 Å². The standard InChI is InChI=1S/C47H90O15P2/c1-3-5-7-9-11-13-15-17-18-19-20-21-22-24-26-28-30-32-34-36-47(52)58-38-44(49)40-60-64(55,56)62-42-45(50)41-61-63(53,54)59-39-43(48)37-57-46(51)35-33-31-29-27-25-23-16-14-12-10-8-6-4-2/h11,13,17-18,43-45,48-50H,3-10,12,14-16,19-42H2,1-2H3,(H,53,54)(H,55,56)/b13-11-,18-17-. The zero-order valence-corrected chi connectivity index (χ0v) is 41.5. The molecule has 0 aromatic carbocycles. The van der Waals surface area contributed by atoms with Crippen LogP contribution in [0.4, 0.5) is 0 Å². The van der Waals surface area contributed by atoms with Gasteiger partial charge in [0.25, 0.3) is 0 Å². The highest BCUT2D eigenvalue weighted by Crippen LogP contribution is 2.45. The zero-order valence-electron chi connectivity index (χ0n) is 39.7. The molecule has 0 spiro atoms. The molecule has 0 fully saturated rings. The molecule has 0 aromatic heterocycles. The maximum atomic E-state index is 12.2. The van der Waals surface area contributed by atoms with Gasteiger partial charge in [-0.25, -0.2) is 9.13 Å². The molecule has 0 rings (SSSR count). The number of ether oxygens (including phenoxy) is 2. The van der Waals surface area contributed by atoms with E-state index >= 15 is 0 Å². The number of esters is 2. The fraction of sp³-hybridized carbons (Fsp3) is 0.872. The van der Waals surface area contributed by atoms with Crippen LogP contribution in [0.25, 0.3) is 0 Å². The van der Waals surface area contributed by atoms with Gasteiger partial charge >= 0.3 is 27.6 Å². The van der Waals surface area contributed by atoms with Crippen LogP contribution in [-0.4, -0.2) is 95.0 Å². The molecular formula is C47H90O15P2. The zero-order chi connectivity index (χ0) is 47.4. The average molecular weight is 957 g/mol. The second kappa shape index (κ2) is 44.1. The summed E-state index contributed by atoms with van der Waals surface area (Å²) in [6, 6.07) is 0. The van der Waals surface area contributed by atoms with Crippen LogP contribution in [0.15, 0.2) is 24.3 Å². The number of carbonyl (C=O) groups excluding carboxylic acids is 2. The van der Waals surface area contributed by atoms with Crippen molar-refractivity contribution >= 4 is 27.6 Å². The Morgan fingerprint density at radius 1 is 0.406 bits per heavy atom. The monoisotopic (exact) mass is 957 g/mol. The molecule has 5 atom stereocenters. The Hall–Kier alpha value is -1.48. The van der Waals surface area contributed by atoms with E-state index < -0.39 is 85.5 Å². The van der Waals surface area contributed by atoms with Gasteiger partial charge in [0, 0.05) is 12.8 Å². The number of phosphoric ester groups is 2.